The van der Waals surface area contributed by atoms with Crippen LogP contribution in [0.15, 0.2) is 9.59 Å². The van der Waals surface area contributed by atoms with E-state index in [4.69, 9.17) is 0 Å². The maximum absolute atomic E-state index is 11.9. The van der Waals surface area contributed by atoms with Crippen LogP contribution in [-0.2, 0) is 9.59 Å². The summed E-state index contributed by atoms with van der Waals surface area (Å²) in [4.78, 5) is 50.2. The Labute approximate surface area is 140 Å². The van der Waals surface area contributed by atoms with E-state index >= 15 is 0 Å². The molecule has 0 aromatic heterocycles. The fourth-order valence-electron chi connectivity index (χ4n) is 2.64. The standard InChI is InChI=1S/C16H24N4O4/c1-10(2)8-17-12(22)9-18-13-14(16(24)15(13)23)20-6-4-19(5-7-20)11(3)21/h10,18H,4-9H2,1-3H3,(H,17,22). The van der Waals surface area contributed by atoms with Gasteiger partial charge in [0, 0.05) is 39.6 Å². The molecule has 1 heterocycles. The van der Waals surface area contributed by atoms with Crippen molar-refractivity contribution in [3.8, 4) is 0 Å². The third kappa shape index (κ3) is 3.93. The molecule has 0 saturated carbocycles. The van der Waals surface area contributed by atoms with E-state index < -0.39 is 10.9 Å². The molecule has 1 fully saturated rings. The minimum Gasteiger partial charge on any atom is -0.371 e. The van der Waals surface area contributed by atoms with Crippen molar-refractivity contribution in [1.29, 1.82) is 0 Å². The van der Waals surface area contributed by atoms with Crippen molar-refractivity contribution in [1.82, 2.24) is 10.2 Å². The summed E-state index contributed by atoms with van der Waals surface area (Å²) in [6.45, 7) is 8.04. The smallest absolute Gasteiger partial charge is 0.253 e. The number of carbonyl (C=O) groups excluding carboxylic acids is 2. The van der Waals surface area contributed by atoms with Gasteiger partial charge in [0.05, 0.1) is 6.54 Å². The maximum Gasteiger partial charge on any atom is 0.253 e. The van der Waals surface area contributed by atoms with Gasteiger partial charge in [0.25, 0.3) is 10.9 Å². The molecule has 24 heavy (non-hydrogen) atoms. The number of rotatable bonds is 6. The van der Waals surface area contributed by atoms with Gasteiger partial charge in [-0.1, -0.05) is 13.8 Å². The molecule has 0 aliphatic carbocycles. The predicted molar refractivity (Wildman–Crippen MR) is 92.2 cm³/mol. The van der Waals surface area contributed by atoms with Crippen molar-refractivity contribution in [3.63, 3.8) is 0 Å². The highest BCUT2D eigenvalue weighted by Crippen LogP contribution is 2.21. The van der Waals surface area contributed by atoms with Crippen LogP contribution in [0.5, 0.6) is 0 Å². The Bertz CT molecular complexity index is 683. The molecule has 1 aliphatic heterocycles. The highest BCUT2D eigenvalue weighted by molar-refractivity contribution is 5.84. The quantitative estimate of drug-likeness (QED) is 0.656. The molecule has 0 atom stereocenters. The van der Waals surface area contributed by atoms with Gasteiger partial charge in [0.2, 0.25) is 11.8 Å². The van der Waals surface area contributed by atoms with Gasteiger partial charge in [0.15, 0.2) is 0 Å². The normalized spacial score (nSPS) is 15.0. The first-order valence-electron chi connectivity index (χ1n) is 8.15. The zero-order valence-electron chi connectivity index (χ0n) is 14.3. The molecule has 1 aliphatic rings. The van der Waals surface area contributed by atoms with E-state index in [0.29, 0.717) is 44.3 Å². The Kier molecular flexibility index (Phi) is 5.58. The van der Waals surface area contributed by atoms with Crippen molar-refractivity contribution in [2.45, 2.75) is 20.8 Å². The third-order valence-electron chi connectivity index (χ3n) is 4.06. The van der Waals surface area contributed by atoms with E-state index in [1.165, 1.54) is 6.92 Å². The molecule has 1 aromatic rings. The number of hydrogen-bond donors (Lipinski definition) is 2. The van der Waals surface area contributed by atoms with E-state index in [0.717, 1.165) is 0 Å². The van der Waals surface area contributed by atoms with E-state index in [9.17, 15) is 19.2 Å². The molecular formula is C16H24N4O4. The Morgan fingerprint density at radius 3 is 2.25 bits per heavy atom. The number of nitrogens with one attached hydrogen (secondary N) is 2. The lowest BCUT2D eigenvalue weighted by atomic mass is 10.1. The maximum atomic E-state index is 11.9. The molecule has 0 bridgehead atoms. The molecule has 2 amide bonds. The topological polar surface area (TPSA) is 98.8 Å². The van der Waals surface area contributed by atoms with Crippen LogP contribution < -0.4 is 26.4 Å². The van der Waals surface area contributed by atoms with Gasteiger partial charge in [0.1, 0.15) is 11.4 Å². The summed E-state index contributed by atoms with van der Waals surface area (Å²) >= 11 is 0. The number of anilines is 2. The minimum absolute atomic E-state index is 0.000172. The first-order valence-corrected chi connectivity index (χ1v) is 8.15. The van der Waals surface area contributed by atoms with E-state index in [-0.39, 0.29) is 24.0 Å². The number of hydrogen-bond acceptors (Lipinski definition) is 6. The summed E-state index contributed by atoms with van der Waals surface area (Å²) in [7, 11) is 0. The van der Waals surface area contributed by atoms with Crippen LogP contribution >= 0.6 is 0 Å². The zero-order chi connectivity index (χ0) is 17.9. The van der Waals surface area contributed by atoms with Crippen molar-refractivity contribution in [2.75, 3.05) is 49.5 Å². The number of piperazine rings is 1. The van der Waals surface area contributed by atoms with Gasteiger partial charge in [-0.2, -0.15) is 0 Å². The molecule has 0 spiro atoms. The summed E-state index contributed by atoms with van der Waals surface area (Å²) in [5.41, 5.74) is -0.581. The Hall–Kier alpha value is -2.38. The fourth-order valence-corrected chi connectivity index (χ4v) is 2.64. The zero-order valence-corrected chi connectivity index (χ0v) is 14.3. The number of amides is 2. The minimum atomic E-state index is -0.587. The fraction of sp³-hybridized carbons (Fsp3) is 0.625. The summed E-state index contributed by atoms with van der Waals surface area (Å²) in [5, 5.41) is 5.53. The van der Waals surface area contributed by atoms with Crippen LogP contribution in [0, 0.1) is 5.92 Å². The third-order valence-corrected chi connectivity index (χ3v) is 4.06. The first-order chi connectivity index (χ1) is 11.3. The second kappa shape index (κ2) is 7.46. The lowest BCUT2D eigenvalue weighted by molar-refractivity contribution is -0.129. The van der Waals surface area contributed by atoms with Gasteiger partial charge in [-0.25, -0.2) is 0 Å². The number of carbonyl (C=O) groups is 2. The molecule has 2 rings (SSSR count). The second-order valence-electron chi connectivity index (χ2n) is 6.43. The molecule has 1 aromatic carbocycles. The SMILES string of the molecule is CC(=O)N1CCN(c2c(NCC(=O)NCC(C)C)c(=O)c2=O)CC1. The lowest BCUT2D eigenvalue weighted by Gasteiger charge is -2.36. The molecule has 8 heteroatoms. The Morgan fingerprint density at radius 1 is 1.08 bits per heavy atom. The Morgan fingerprint density at radius 2 is 1.71 bits per heavy atom. The lowest BCUT2D eigenvalue weighted by Crippen LogP contribution is -2.52. The van der Waals surface area contributed by atoms with Gasteiger partial charge in [-0.3, -0.25) is 19.2 Å². The van der Waals surface area contributed by atoms with Crippen LogP contribution in [0.2, 0.25) is 0 Å². The average Bonchev–Trinajstić information content (AvgIpc) is 2.55. The van der Waals surface area contributed by atoms with Crippen LogP contribution in [-0.4, -0.2) is 56.0 Å². The molecule has 0 radical (unpaired) electrons. The molecule has 132 valence electrons. The molecule has 1 saturated heterocycles. The van der Waals surface area contributed by atoms with Crippen molar-refractivity contribution < 1.29 is 9.59 Å². The molecule has 2 N–H and O–H groups in total. The van der Waals surface area contributed by atoms with E-state index in [1.54, 1.807) is 9.80 Å². The molecule has 8 nitrogen and oxygen atoms in total. The average molecular weight is 336 g/mol. The Balaban J connectivity index is 1.95. The van der Waals surface area contributed by atoms with Crippen molar-refractivity contribution >= 4 is 23.2 Å². The first kappa shape index (κ1) is 18.0. The van der Waals surface area contributed by atoms with E-state index in [1.807, 2.05) is 13.8 Å². The van der Waals surface area contributed by atoms with Crippen LogP contribution in [0.1, 0.15) is 20.8 Å². The van der Waals surface area contributed by atoms with Crippen molar-refractivity contribution in [2.24, 2.45) is 5.92 Å². The highest BCUT2D eigenvalue weighted by atomic mass is 16.2. The van der Waals surface area contributed by atoms with Crippen LogP contribution in [0.25, 0.3) is 0 Å². The number of nitrogens with zero attached hydrogens (tertiary/aromatic N) is 2. The summed E-state index contributed by atoms with van der Waals surface area (Å²) in [5.74, 6) is 0.122. The van der Waals surface area contributed by atoms with Gasteiger partial charge in [-0.05, 0) is 5.92 Å². The van der Waals surface area contributed by atoms with Crippen LogP contribution in [0.4, 0.5) is 11.4 Å². The van der Waals surface area contributed by atoms with Gasteiger partial charge < -0.3 is 20.4 Å². The van der Waals surface area contributed by atoms with Crippen LogP contribution in [0.3, 0.4) is 0 Å². The van der Waals surface area contributed by atoms with E-state index in [2.05, 4.69) is 10.6 Å². The summed E-state index contributed by atoms with van der Waals surface area (Å²) in [6.07, 6.45) is 0. The summed E-state index contributed by atoms with van der Waals surface area (Å²) < 4.78 is 0. The highest BCUT2D eigenvalue weighted by Gasteiger charge is 2.29. The van der Waals surface area contributed by atoms with Crippen molar-refractivity contribution in [3.05, 3.63) is 20.4 Å². The predicted octanol–water partition coefficient (Wildman–Crippen LogP) is -0.865. The summed E-state index contributed by atoms with van der Waals surface area (Å²) in [6, 6.07) is 0. The second-order valence-corrected chi connectivity index (χ2v) is 6.43. The molecular weight excluding hydrogens is 312 g/mol. The van der Waals surface area contributed by atoms with Gasteiger partial charge >= 0.3 is 0 Å². The van der Waals surface area contributed by atoms with Gasteiger partial charge in [-0.15, -0.1) is 0 Å². The molecule has 0 unspecified atom stereocenters. The monoisotopic (exact) mass is 336 g/mol. The largest absolute Gasteiger partial charge is 0.371 e.